The quantitative estimate of drug-likeness (QED) is 0.421. The predicted octanol–water partition coefficient (Wildman–Crippen LogP) is 4.67. The van der Waals surface area contributed by atoms with Gasteiger partial charge in [-0.1, -0.05) is 48.0 Å². The molecule has 2 heterocycles. The molecule has 1 N–H and O–H groups in total. The monoisotopic (exact) mass is 453 g/mol. The number of ether oxygens (including phenoxy) is 1. The second-order valence-electron chi connectivity index (χ2n) is 8.26. The molecule has 0 bridgehead atoms. The number of carbonyl (C=O) groups is 1. The first kappa shape index (κ1) is 23.0. The average molecular weight is 454 g/mol. The lowest BCUT2D eigenvalue weighted by Gasteiger charge is -2.16. The molecule has 0 aliphatic rings. The number of rotatable bonds is 8. The molecule has 1 unspecified atom stereocenters. The lowest BCUT2D eigenvalue weighted by atomic mass is 10.1. The van der Waals surface area contributed by atoms with Crippen LogP contribution in [0.5, 0.6) is 5.75 Å². The number of aryl methyl sites for hydroxylation is 1. The van der Waals surface area contributed by atoms with Crippen LogP contribution in [0, 0.1) is 6.92 Å². The standard InChI is InChI=1S/C28H27N3O3/c1-20-6-3-7-22(16-20)18-31-15-5-9-26(28(31)33)27(32)30-21(2)24-10-12-25(13-11-24)34-19-23-8-4-14-29-17-23/h3-17,21H,18-19H2,1-2H3,(H,30,32). The number of amides is 1. The average Bonchev–Trinajstić information content (AvgIpc) is 2.85. The van der Waals surface area contributed by atoms with Gasteiger partial charge in [0, 0.05) is 24.2 Å². The van der Waals surface area contributed by atoms with E-state index in [9.17, 15) is 9.59 Å². The molecule has 2 aromatic carbocycles. The zero-order chi connectivity index (χ0) is 23.9. The van der Waals surface area contributed by atoms with E-state index in [2.05, 4.69) is 10.3 Å². The van der Waals surface area contributed by atoms with Crippen LogP contribution in [0.2, 0.25) is 0 Å². The molecule has 0 fully saturated rings. The summed E-state index contributed by atoms with van der Waals surface area (Å²) in [6, 6.07) is 22.4. The Hall–Kier alpha value is -4.19. The summed E-state index contributed by atoms with van der Waals surface area (Å²) in [6.45, 7) is 4.74. The molecule has 6 nitrogen and oxygen atoms in total. The molecular weight excluding hydrogens is 426 g/mol. The van der Waals surface area contributed by atoms with Gasteiger partial charge in [0.2, 0.25) is 0 Å². The molecule has 2 aromatic heterocycles. The molecule has 0 aliphatic carbocycles. The van der Waals surface area contributed by atoms with E-state index in [1.807, 2.05) is 74.5 Å². The zero-order valence-corrected chi connectivity index (χ0v) is 19.3. The Morgan fingerprint density at radius 1 is 1.03 bits per heavy atom. The van der Waals surface area contributed by atoms with Gasteiger partial charge >= 0.3 is 0 Å². The van der Waals surface area contributed by atoms with Crippen molar-refractivity contribution in [3.8, 4) is 5.75 Å². The van der Waals surface area contributed by atoms with Gasteiger partial charge in [-0.3, -0.25) is 14.6 Å². The van der Waals surface area contributed by atoms with Crippen molar-refractivity contribution in [3.05, 3.63) is 130 Å². The highest BCUT2D eigenvalue weighted by molar-refractivity contribution is 5.94. The molecule has 4 rings (SSSR count). The number of benzene rings is 2. The van der Waals surface area contributed by atoms with Gasteiger partial charge in [0.25, 0.3) is 11.5 Å². The van der Waals surface area contributed by atoms with Crippen LogP contribution in [0.1, 0.15) is 45.6 Å². The smallest absolute Gasteiger partial charge is 0.263 e. The summed E-state index contributed by atoms with van der Waals surface area (Å²) >= 11 is 0. The topological polar surface area (TPSA) is 73.2 Å². The van der Waals surface area contributed by atoms with Crippen LogP contribution in [0.25, 0.3) is 0 Å². The van der Waals surface area contributed by atoms with E-state index in [1.165, 1.54) is 0 Å². The zero-order valence-electron chi connectivity index (χ0n) is 19.3. The highest BCUT2D eigenvalue weighted by Gasteiger charge is 2.16. The van der Waals surface area contributed by atoms with E-state index < -0.39 is 5.91 Å². The van der Waals surface area contributed by atoms with E-state index in [0.29, 0.717) is 13.2 Å². The van der Waals surface area contributed by atoms with Gasteiger partial charge in [-0.2, -0.15) is 0 Å². The van der Waals surface area contributed by atoms with Crippen molar-refractivity contribution in [1.82, 2.24) is 14.9 Å². The fourth-order valence-electron chi connectivity index (χ4n) is 3.70. The van der Waals surface area contributed by atoms with E-state index in [1.54, 1.807) is 35.3 Å². The van der Waals surface area contributed by atoms with Crippen molar-refractivity contribution in [2.45, 2.75) is 33.0 Å². The Kier molecular flexibility index (Phi) is 7.18. The van der Waals surface area contributed by atoms with Crippen molar-refractivity contribution >= 4 is 5.91 Å². The summed E-state index contributed by atoms with van der Waals surface area (Å²) < 4.78 is 7.35. The van der Waals surface area contributed by atoms with Crippen LogP contribution < -0.4 is 15.6 Å². The maximum absolute atomic E-state index is 12.9. The van der Waals surface area contributed by atoms with Crippen molar-refractivity contribution in [1.29, 1.82) is 0 Å². The molecule has 0 radical (unpaired) electrons. The SMILES string of the molecule is Cc1cccc(Cn2cccc(C(=O)NC(C)c3ccc(OCc4cccnc4)cc3)c2=O)c1. The maximum atomic E-state index is 12.9. The second-order valence-corrected chi connectivity index (χ2v) is 8.26. The summed E-state index contributed by atoms with van der Waals surface area (Å²) in [6.07, 6.45) is 5.20. The van der Waals surface area contributed by atoms with Crippen molar-refractivity contribution in [3.63, 3.8) is 0 Å². The lowest BCUT2D eigenvalue weighted by Crippen LogP contribution is -2.34. The minimum absolute atomic E-state index is 0.124. The number of aromatic nitrogens is 2. The number of nitrogens with one attached hydrogen (secondary N) is 1. The first-order valence-electron chi connectivity index (χ1n) is 11.2. The van der Waals surface area contributed by atoms with E-state index >= 15 is 0 Å². The molecule has 0 saturated heterocycles. The first-order valence-corrected chi connectivity index (χ1v) is 11.2. The van der Waals surface area contributed by atoms with E-state index in [-0.39, 0.29) is 17.2 Å². The number of hydrogen-bond donors (Lipinski definition) is 1. The summed E-state index contributed by atoms with van der Waals surface area (Å²) in [5.74, 6) is 0.334. The van der Waals surface area contributed by atoms with Gasteiger partial charge in [0.1, 0.15) is 17.9 Å². The minimum atomic E-state index is -0.395. The fourth-order valence-corrected chi connectivity index (χ4v) is 3.70. The molecule has 34 heavy (non-hydrogen) atoms. The molecule has 1 amide bonds. The molecule has 6 heteroatoms. The molecular formula is C28H27N3O3. The Morgan fingerprint density at radius 2 is 1.82 bits per heavy atom. The first-order chi connectivity index (χ1) is 16.5. The summed E-state index contributed by atoms with van der Waals surface area (Å²) in [5.41, 5.74) is 3.85. The van der Waals surface area contributed by atoms with Crippen LogP contribution in [0.4, 0.5) is 0 Å². The molecule has 0 saturated carbocycles. The molecule has 1 atom stereocenters. The van der Waals surface area contributed by atoms with Crippen LogP contribution in [-0.4, -0.2) is 15.5 Å². The largest absolute Gasteiger partial charge is 0.489 e. The van der Waals surface area contributed by atoms with Crippen LogP contribution in [0.15, 0.2) is 96.2 Å². The Bertz CT molecular complexity index is 1310. The number of nitrogens with zero attached hydrogens (tertiary/aromatic N) is 2. The third-order valence-corrected chi connectivity index (χ3v) is 5.56. The van der Waals surface area contributed by atoms with Crippen LogP contribution in [0.3, 0.4) is 0 Å². The fraction of sp³-hybridized carbons (Fsp3) is 0.179. The van der Waals surface area contributed by atoms with Gasteiger partial charge in [0.05, 0.1) is 12.6 Å². The third kappa shape index (κ3) is 5.78. The van der Waals surface area contributed by atoms with Gasteiger partial charge in [0.15, 0.2) is 0 Å². The summed E-state index contributed by atoms with van der Waals surface area (Å²) in [5, 5.41) is 2.93. The highest BCUT2D eigenvalue weighted by atomic mass is 16.5. The van der Waals surface area contributed by atoms with Crippen LogP contribution in [-0.2, 0) is 13.2 Å². The van der Waals surface area contributed by atoms with Crippen LogP contribution >= 0.6 is 0 Å². The molecule has 172 valence electrons. The van der Waals surface area contributed by atoms with Gasteiger partial charge in [-0.05, 0) is 55.3 Å². The normalized spacial score (nSPS) is 11.6. The van der Waals surface area contributed by atoms with Crippen molar-refractivity contribution in [2.24, 2.45) is 0 Å². The molecule has 0 aliphatic heterocycles. The Morgan fingerprint density at radius 3 is 2.56 bits per heavy atom. The number of hydrogen-bond acceptors (Lipinski definition) is 4. The van der Waals surface area contributed by atoms with Crippen molar-refractivity contribution in [2.75, 3.05) is 0 Å². The summed E-state index contributed by atoms with van der Waals surface area (Å²) in [4.78, 5) is 29.9. The number of pyridine rings is 2. The second kappa shape index (κ2) is 10.6. The Balaban J connectivity index is 1.40. The van der Waals surface area contributed by atoms with Gasteiger partial charge < -0.3 is 14.6 Å². The maximum Gasteiger partial charge on any atom is 0.263 e. The lowest BCUT2D eigenvalue weighted by molar-refractivity contribution is 0.0937. The number of carbonyl (C=O) groups excluding carboxylic acids is 1. The highest BCUT2D eigenvalue weighted by Crippen LogP contribution is 2.19. The summed E-state index contributed by atoms with van der Waals surface area (Å²) in [7, 11) is 0. The van der Waals surface area contributed by atoms with Gasteiger partial charge in [-0.15, -0.1) is 0 Å². The van der Waals surface area contributed by atoms with E-state index in [0.717, 1.165) is 28.0 Å². The molecule has 0 spiro atoms. The third-order valence-electron chi connectivity index (χ3n) is 5.56. The molecule has 4 aromatic rings. The Labute approximate surface area is 198 Å². The van der Waals surface area contributed by atoms with Crippen molar-refractivity contribution < 1.29 is 9.53 Å². The minimum Gasteiger partial charge on any atom is -0.489 e. The van der Waals surface area contributed by atoms with Gasteiger partial charge in [-0.25, -0.2) is 0 Å². The predicted molar refractivity (Wildman–Crippen MR) is 132 cm³/mol. The van der Waals surface area contributed by atoms with E-state index in [4.69, 9.17) is 4.74 Å².